The highest BCUT2D eigenvalue weighted by molar-refractivity contribution is 7.10. The van der Waals surface area contributed by atoms with Crippen LogP contribution in [0.4, 0.5) is 0 Å². The third-order valence-corrected chi connectivity index (χ3v) is 5.52. The van der Waals surface area contributed by atoms with E-state index in [0.29, 0.717) is 30.3 Å². The van der Waals surface area contributed by atoms with E-state index in [1.165, 1.54) is 0 Å². The van der Waals surface area contributed by atoms with Crippen molar-refractivity contribution in [3.63, 3.8) is 0 Å². The molecule has 1 aromatic heterocycles. The normalized spacial score (nSPS) is 23.2. The van der Waals surface area contributed by atoms with Crippen molar-refractivity contribution in [3.8, 4) is 11.5 Å². The molecule has 1 aliphatic heterocycles. The van der Waals surface area contributed by atoms with Crippen LogP contribution in [0.3, 0.4) is 0 Å². The summed E-state index contributed by atoms with van der Waals surface area (Å²) in [6.07, 6.45) is 1.21. The van der Waals surface area contributed by atoms with Crippen molar-refractivity contribution in [1.82, 2.24) is 5.32 Å². The highest BCUT2D eigenvalue weighted by atomic mass is 32.1. The number of rotatable bonds is 4. The monoisotopic (exact) mass is 345 g/mol. The summed E-state index contributed by atoms with van der Waals surface area (Å²) in [6.45, 7) is 1.03. The van der Waals surface area contributed by atoms with Crippen LogP contribution in [0.1, 0.15) is 34.1 Å². The van der Waals surface area contributed by atoms with Crippen molar-refractivity contribution in [3.05, 3.63) is 46.2 Å². The molecular formula is C18H19NO4S. The highest BCUT2D eigenvalue weighted by Gasteiger charge is 2.36. The van der Waals surface area contributed by atoms with Crippen LogP contribution >= 0.6 is 11.3 Å². The Labute approximate surface area is 144 Å². The van der Waals surface area contributed by atoms with E-state index in [9.17, 15) is 9.90 Å². The third-order valence-electron chi connectivity index (χ3n) is 4.56. The molecular weight excluding hydrogens is 326 g/mol. The molecule has 0 spiro atoms. The summed E-state index contributed by atoms with van der Waals surface area (Å²) in [4.78, 5) is 13.8. The van der Waals surface area contributed by atoms with Crippen LogP contribution in [0.2, 0.25) is 0 Å². The van der Waals surface area contributed by atoms with Gasteiger partial charge in [-0.3, -0.25) is 4.79 Å². The van der Waals surface area contributed by atoms with E-state index in [2.05, 4.69) is 5.32 Å². The lowest BCUT2D eigenvalue weighted by molar-refractivity contribution is 0.0241. The molecule has 1 saturated carbocycles. The zero-order chi connectivity index (χ0) is 16.5. The van der Waals surface area contributed by atoms with Crippen LogP contribution in [0, 0.1) is 5.92 Å². The maximum atomic E-state index is 12.7. The Bertz CT molecular complexity index is 725. The molecule has 6 heteroatoms. The molecule has 5 nitrogen and oxygen atoms in total. The summed E-state index contributed by atoms with van der Waals surface area (Å²) < 4.78 is 11.0. The van der Waals surface area contributed by atoms with Gasteiger partial charge in [-0.15, -0.1) is 11.3 Å². The van der Waals surface area contributed by atoms with E-state index in [0.717, 1.165) is 17.7 Å². The number of thiophene rings is 1. The minimum Gasteiger partial charge on any atom is -0.486 e. The van der Waals surface area contributed by atoms with Gasteiger partial charge in [0.2, 0.25) is 0 Å². The zero-order valence-corrected chi connectivity index (χ0v) is 13.9. The van der Waals surface area contributed by atoms with Gasteiger partial charge in [-0.2, -0.15) is 0 Å². The Balaban J connectivity index is 1.52. The molecule has 1 amide bonds. The standard InChI is InChI=1S/C18H19NO4S/c20-13-8-12(9-13)17(16-2-1-7-24-16)19-18(21)11-3-4-14-15(10-11)23-6-5-22-14/h1-4,7,10,12-13,17,20H,5-6,8-9H2,(H,19,21)/t12?,13?,17-/m0/s1. The smallest absolute Gasteiger partial charge is 0.251 e. The first kappa shape index (κ1) is 15.5. The Morgan fingerprint density at radius 1 is 1.21 bits per heavy atom. The maximum Gasteiger partial charge on any atom is 0.251 e. The van der Waals surface area contributed by atoms with Gasteiger partial charge in [-0.05, 0) is 48.4 Å². The van der Waals surface area contributed by atoms with Gasteiger partial charge in [0.05, 0.1) is 12.1 Å². The lowest BCUT2D eigenvalue weighted by atomic mass is 9.76. The van der Waals surface area contributed by atoms with Gasteiger partial charge >= 0.3 is 0 Å². The molecule has 126 valence electrons. The van der Waals surface area contributed by atoms with E-state index in [1.54, 1.807) is 29.5 Å². The first-order valence-electron chi connectivity index (χ1n) is 8.12. The molecule has 0 unspecified atom stereocenters. The Hall–Kier alpha value is -2.05. The predicted octanol–water partition coefficient (Wildman–Crippen LogP) is 2.76. The van der Waals surface area contributed by atoms with Crippen molar-refractivity contribution in [1.29, 1.82) is 0 Å². The molecule has 1 atom stereocenters. The SMILES string of the molecule is O=C(N[C@H](c1cccs1)C1CC(O)C1)c1ccc2c(c1)OCCO2. The fourth-order valence-electron chi connectivity index (χ4n) is 3.20. The minimum atomic E-state index is -0.247. The predicted molar refractivity (Wildman–Crippen MR) is 90.7 cm³/mol. The number of nitrogens with one attached hydrogen (secondary N) is 1. The third kappa shape index (κ3) is 2.99. The number of hydrogen-bond donors (Lipinski definition) is 2. The molecule has 0 saturated heterocycles. The molecule has 1 aromatic carbocycles. The van der Waals surface area contributed by atoms with Gasteiger partial charge in [0.25, 0.3) is 5.91 Å². The lowest BCUT2D eigenvalue weighted by Gasteiger charge is -2.37. The van der Waals surface area contributed by atoms with Crippen molar-refractivity contribution >= 4 is 17.2 Å². The molecule has 0 bridgehead atoms. The highest BCUT2D eigenvalue weighted by Crippen LogP contribution is 2.40. The molecule has 2 aromatic rings. The van der Waals surface area contributed by atoms with Crippen LogP contribution in [0.15, 0.2) is 35.7 Å². The molecule has 1 aliphatic carbocycles. The number of benzene rings is 1. The molecule has 2 heterocycles. The summed E-state index contributed by atoms with van der Waals surface area (Å²) in [5.74, 6) is 1.43. The zero-order valence-electron chi connectivity index (χ0n) is 13.1. The van der Waals surface area contributed by atoms with Crippen molar-refractivity contribution in [2.45, 2.75) is 25.0 Å². The largest absolute Gasteiger partial charge is 0.486 e. The van der Waals surface area contributed by atoms with E-state index in [4.69, 9.17) is 9.47 Å². The average molecular weight is 345 g/mol. The van der Waals surface area contributed by atoms with Crippen LogP contribution < -0.4 is 14.8 Å². The van der Waals surface area contributed by atoms with Crippen molar-refractivity contribution in [2.75, 3.05) is 13.2 Å². The van der Waals surface area contributed by atoms with Gasteiger partial charge in [-0.1, -0.05) is 6.07 Å². The second kappa shape index (κ2) is 6.45. The Kier molecular flexibility index (Phi) is 4.16. The maximum absolute atomic E-state index is 12.7. The molecule has 0 radical (unpaired) electrons. The number of aliphatic hydroxyl groups excluding tert-OH is 1. The van der Waals surface area contributed by atoms with Crippen molar-refractivity contribution < 1.29 is 19.4 Å². The van der Waals surface area contributed by atoms with E-state index in [-0.39, 0.29) is 24.0 Å². The van der Waals surface area contributed by atoms with E-state index < -0.39 is 0 Å². The number of carbonyl (C=O) groups is 1. The van der Waals surface area contributed by atoms with Gasteiger partial charge in [-0.25, -0.2) is 0 Å². The minimum absolute atomic E-state index is 0.0610. The van der Waals surface area contributed by atoms with Crippen LogP contribution in [-0.2, 0) is 0 Å². The van der Waals surface area contributed by atoms with Crippen LogP contribution in [-0.4, -0.2) is 30.3 Å². The molecule has 1 fully saturated rings. The summed E-state index contributed by atoms with van der Waals surface area (Å²) >= 11 is 1.63. The average Bonchev–Trinajstić information content (AvgIpc) is 3.11. The van der Waals surface area contributed by atoms with Gasteiger partial charge in [0.1, 0.15) is 13.2 Å². The topological polar surface area (TPSA) is 67.8 Å². The lowest BCUT2D eigenvalue weighted by Crippen LogP contribution is -2.41. The summed E-state index contributed by atoms with van der Waals surface area (Å²) in [7, 11) is 0. The van der Waals surface area contributed by atoms with Gasteiger partial charge < -0.3 is 19.9 Å². The first-order chi connectivity index (χ1) is 11.7. The number of amides is 1. The molecule has 2 aliphatic rings. The number of carbonyl (C=O) groups excluding carboxylic acids is 1. The van der Waals surface area contributed by atoms with Gasteiger partial charge in [0, 0.05) is 10.4 Å². The molecule has 24 heavy (non-hydrogen) atoms. The number of hydrogen-bond acceptors (Lipinski definition) is 5. The Morgan fingerprint density at radius 3 is 2.71 bits per heavy atom. The number of fused-ring (bicyclic) bond motifs is 1. The van der Waals surface area contributed by atoms with Crippen LogP contribution in [0.25, 0.3) is 0 Å². The van der Waals surface area contributed by atoms with E-state index in [1.807, 2.05) is 17.5 Å². The summed E-state index contributed by atoms with van der Waals surface area (Å²) in [5.41, 5.74) is 0.556. The van der Waals surface area contributed by atoms with Crippen LogP contribution in [0.5, 0.6) is 11.5 Å². The molecule has 2 N–H and O–H groups in total. The fourth-order valence-corrected chi connectivity index (χ4v) is 4.07. The molecule has 4 rings (SSSR count). The quantitative estimate of drug-likeness (QED) is 0.894. The Morgan fingerprint density at radius 2 is 2.00 bits per heavy atom. The fraction of sp³-hybridized carbons (Fsp3) is 0.389. The second-order valence-corrected chi connectivity index (χ2v) is 7.19. The summed E-state index contributed by atoms with van der Waals surface area (Å²) in [5, 5.41) is 14.7. The number of ether oxygens (including phenoxy) is 2. The van der Waals surface area contributed by atoms with Gasteiger partial charge in [0.15, 0.2) is 11.5 Å². The first-order valence-corrected chi connectivity index (χ1v) is 9.00. The summed E-state index contributed by atoms with van der Waals surface area (Å²) in [6, 6.07) is 9.21. The number of aliphatic hydroxyl groups is 1. The van der Waals surface area contributed by atoms with Crippen molar-refractivity contribution in [2.24, 2.45) is 5.92 Å². The second-order valence-electron chi connectivity index (χ2n) is 6.21. The van der Waals surface area contributed by atoms with E-state index >= 15 is 0 Å².